The highest BCUT2D eigenvalue weighted by molar-refractivity contribution is 6.32. The highest BCUT2D eigenvalue weighted by atomic mass is 16.6. The van der Waals surface area contributed by atoms with Crippen LogP contribution in [0.4, 0.5) is 0 Å². The molecule has 0 aliphatic heterocycles. The maximum Gasteiger partial charge on any atom is 0.397 e. The number of rotatable bonds is 5. The fraction of sp³-hybridized carbons (Fsp3) is 0.688. The van der Waals surface area contributed by atoms with Gasteiger partial charge in [-0.25, -0.2) is 9.59 Å². The van der Waals surface area contributed by atoms with Crippen molar-refractivity contribution in [2.45, 2.75) is 60.5 Å². The zero-order valence-electron chi connectivity index (χ0n) is 14.5. The van der Waals surface area contributed by atoms with Crippen LogP contribution in [0.15, 0.2) is 11.3 Å². The normalized spacial score (nSPS) is 12.5. The van der Waals surface area contributed by atoms with Crippen LogP contribution in [0.3, 0.4) is 0 Å². The second-order valence-corrected chi connectivity index (χ2v) is 6.38. The van der Waals surface area contributed by atoms with Gasteiger partial charge in [-0.2, -0.15) is 0 Å². The molecule has 6 heteroatoms. The average molecular weight is 313 g/mol. The minimum Gasteiger partial charge on any atom is -0.459 e. The van der Waals surface area contributed by atoms with Gasteiger partial charge in [0.2, 0.25) is 0 Å². The number of carbonyl (C=O) groups is 3. The first kappa shape index (κ1) is 20.1. The van der Waals surface area contributed by atoms with E-state index < -0.39 is 23.4 Å². The monoisotopic (exact) mass is 313 g/mol. The summed E-state index contributed by atoms with van der Waals surface area (Å²) in [4.78, 5) is 35.3. The molecule has 0 atom stereocenters. The Balaban J connectivity index is 5.24. The molecular formula is C16H27NO5. The van der Waals surface area contributed by atoms with Crippen molar-refractivity contribution in [2.75, 3.05) is 6.61 Å². The van der Waals surface area contributed by atoms with Crippen LogP contribution >= 0.6 is 0 Å². The van der Waals surface area contributed by atoms with Crippen LogP contribution in [-0.2, 0) is 23.9 Å². The molecule has 0 aliphatic carbocycles. The van der Waals surface area contributed by atoms with Crippen molar-refractivity contribution < 1.29 is 23.9 Å². The van der Waals surface area contributed by atoms with Gasteiger partial charge in [-0.15, -0.1) is 0 Å². The van der Waals surface area contributed by atoms with E-state index in [4.69, 9.17) is 4.74 Å². The van der Waals surface area contributed by atoms with E-state index >= 15 is 0 Å². The van der Waals surface area contributed by atoms with E-state index in [0.717, 1.165) is 0 Å². The lowest BCUT2D eigenvalue weighted by Crippen LogP contribution is -2.33. The van der Waals surface area contributed by atoms with Crippen molar-refractivity contribution in [3.05, 3.63) is 11.3 Å². The van der Waals surface area contributed by atoms with Gasteiger partial charge in [-0.05, 0) is 47.0 Å². The van der Waals surface area contributed by atoms with Crippen molar-refractivity contribution >= 4 is 17.8 Å². The molecule has 0 rings (SSSR count). The van der Waals surface area contributed by atoms with Gasteiger partial charge >= 0.3 is 17.8 Å². The van der Waals surface area contributed by atoms with E-state index in [-0.39, 0.29) is 12.5 Å². The van der Waals surface area contributed by atoms with E-state index in [1.807, 2.05) is 13.8 Å². The van der Waals surface area contributed by atoms with Crippen molar-refractivity contribution in [1.29, 1.82) is 0 Å². The molecule has 22 heavy (non-hydrogen) atoms. The fourth-order valence-electron chi connectivity index (χ4n) is 1.63. The number of amides is 1. The molecule has 0 aromatic rings. The molecule has 1 N–H and O–H groups in total. The summed E-state index contributed by atoms with van der Waals surface area (Å²) in [7, 11) is 0. The summed E-state index contributed by atoms with van der Waals surface area (Å²) >= 11 is 0. The van der Waals surface area contributed by atoms with Crippen molar-refractivity contribution in [2.24, 2.45) is 5.92 Å². The number of nitrogens with one attached hydrogen (secondary N) is 1. The predicted molar refractivity (Wildman–Crippen MR) is 82.8 cm³/mol. The Bertz CT molecular complexity index is 458. The lowest BCUT2D eigenvalue weighted by atomic mass is 10.0. The topological polar surface area (TPSA) is 81.7 Å². The lowest BCUT2D eigenvalue weighted by Gasteiger charge is -2.22. The van der Waals surface area contributed by atoms with Gasteiger partial charge in [0.25, 0.3) is 0 Å². The maximum absolute atomic E-state index is 12.3. The summed E-state index contributed by atoms with van der Waals surface area (Å²) in [5, 5.41) is 2.40. The molecule has 0 heterocycles. The Hall–Kier alpha value is -1.85. The first-order chi connectivity index (χ1) is 9.97. The third-order valence-electron chi connectivity index (χ3n) is 2.47. The number of ether oxygens (including phenoxy) is 2. The molecule has 6 nitrogen and oxygen atoms in total. The molecule has 0 aromatic carbocycles. The molecule has 0 fully saturated rings. The van der Waals surface area contributed by atoms with Gasteiger partial charge in [0, 0.05) is 5.70 Å². The SMILES string of the molecule is CCOC(=O)C(=O)N/C(C)=C(/CC(C)C)C(=O)OC(C)(C)C. The Kier molecular flexibility index (Phi) is 7.84. The van der Waals surface area contributed by atoms with E-state index in [1.54, 1.807) is 34.6 Å². The van der Waals surface area contributed by atoms with E-state index in [0.29, 0.717) is 17.7 Å². The van der Waals surface area contributed by atoms with Crippen LogP contribution in [0.5, 0.6) is 0 Å². The lowest BCUT2D eigenvalue weighted by molar-refractivity contribution is -0.154. The van der Waals surface area contributed by atoms with Crippen LogP contribution in [0.1, 0.15) is 54.9 Å². The average Bonchev–Trinajstić information content (AvgIpc) is 2.33. The van der Waals surface area contributed by atoms with E-state index in [2.05, 4.69) is 10.1 Å². The summed E-state index contributed by atoms with van der Waals surface area (Å²) in [5.41, 5.74) is 0.0219. The first-order valence-electron chi connectivity index (χ1n) is 7.39. The summed E-state index contributed by atoms with van der Waals surface area (Å²) in [6.45, 7) is 12.5. The second-order valence-electron chi connectivity index (χ2n) is 6.38. The van der Waals surface area contributed by atoms with Gasteiger partial charge in [-0.1, -0.05) is 13.8 Å². The molecule has 0 saturated carbocycles. The summed E-state index contributed by atoms with van der Waals surface area (Å²) in [6, 6.07) is 0. The Labute approximate surface area is 132 Å². The molecule has 0 spiro atoms. The third-order valence-corrected chi connectivity index (χ3v) is 2.47. The molecule has 1 amide bonds. The number of carbonyl (C=O) groups excluding carboxylic acids is 3. The molecular weight excluding hydrogens is 286 g/mol. The Morgan fingerprint density at radius 3 is 2.05 bits per heavy atom. The summed E-state index contributed by atoms with van der Waals surface area (Å²) < 4.78 is 9.96. The predicted octanol–water partition coefficient (Wildman–Crippen LogP) is 2.33. The zero-order chi connectivity index (χ0) is 17.5. The van der Waals surface area contributed by atoms with Gasteiger partial charge in [0.1, 0.15) is 5.60 Å². The van der Waals surface area contributed by atoms with E-state index in [9.17, 15) is 14.4 Å². The number of esters is 2. The molecule has 0 unspecified atom stereocenters. The number of hydrogen-bond acceptors (Lipinski definition) is 5. The fourth-order valence-corrected chi connectivity index (χ4v) is 1.63. The quantitative estimate of drug-likeness (QED) is 0.478. The van der Waals surface area contributed by atoms with Crippen molar-refractivity contribution in [3.63, 3.8) is 0 Å². The van der Waals surface area contributed by atoms with Crippen LogP contribution in [0, 0.1) is 5.92 Å². The molecule has 0 aromatic heterocycles. The highest BCUT2D eigenvalue weighted by Gasteiger charge is 2.24. The zero-order valence-corrected chi connectivity index (χ0v) is 14.5. The Morgan fingerprint density at radius 1 is 1.09 bits per heavy atom. The van der Waals surface area contributed by atoms with Crippen molar-refractivity contribution in [1.82, 2.24) is 5.32 Å². The largest absolute Gasteiger partial charge is 0.459 e. The molecule has 0 radical (unpaired) electrons. The standard InChI is InChI=1S/C16H27NO5/c1-8-21-15(20)13(18)17-11(4)12(9-10(2)3)14(19)22-16(5,6)7/h10H,8-9H2,1-7H3,(H,17,18)/b12-11-. The number of allylic oxidation sites excluding steroid dienone is 1. The van der Waals surface area contributed by atoms with Crippen LogP contribution in [-0.4, -0.2) is 30.1 Å². The van der Waals surface area contributed by atoms with Gasteiger partial charge < -0.3 is 14.8 Å². The van der Waals surface area contributed by atoms with Crippen LogP contribution < -0.4 is 5.32 Å². The van der Waals surface area contributed by atoms with Crippen LogP contribution in [0.25, 0.3) is 0 Å². The van der Waals surface area contributed by atoms with Gasteiger partial charge in [0.05, 0.1) is 12.2 Å². The van der Waals surface area contributed by atoms with Gasteiger partial charge in [-0.3, -0.25) is 4.79 Å². The first-order valence-corrected chi connectivity index (χ1v) is 7.39. The minimum absolute atomic E-state index is 0.111. The second kappa shape index (κ2) is 8.56. The van der Waals surface area contributed by atoms with Crippen molar-refractivity contribution in [3.8, 4) is 0 Å². The summed E-state index contributed by atoms with van der Waals surface area (Å²) in [5.74, 6) is -2.18. The van der Waals surface area contributed by atoms with E-state index in [1.165, 1.54) is 0 Å². The highest BCUT2D eigenvalue weighted by Crippen LogP contribution is 2.19. The van der Waals surface area contributed by atoms with Crippen LogP contribution in [0.2, 0.25) is 0 Å². The van der Waals surface area contributed by atoms with Gasteiger partial charge in [0.15, 0.2) is 0 Å². The summed E-state index contributed by atoms with van der Waals surface area (Å²) in [6.07, 6.45) is 0.434. The molecule has 126 valence electrons. The third kappa shape index (κ3) is 7.81. The maximum atomic E-state index is 12.3. The smallest absolute Gasteiger partial charge is 0.397 e. The minimum atomic E-state index is -0.977. The Morgan fingerprint density at radius 2 is 1.64 bits per heavy atom. The molecule has 0 saturated heterocycles. The molecule has 0 bridgehead atoms. The molecule has 0 aliphatic rings. The number of hydrogen-bond donors (Lipinski definition) is 1.